The zero-order valence-electron chi connectivity index (χ0n) is 10.7. The lowest BCUT2D eigenvalue weighted by molar-refractivity contribution is 0.0956. The van der Waals surface area contributed by atoms with E-state index in [0.717, 1.165) is 5.69 Å². The highest BCUT2D eigenvalue weighted by molar-refractivity contribution is 5.96. The van der Waals surface area contributed by atoms with E-state index in [4.69, 9.17) is 11.0 Å². The van der Waals surface area contributed by atoms with Gasteiger partial charge in [-0.3, -0.25) is 4.79 Å². The van der Waals surface area contributed by atoms with Gasteiger partial charge in [0.2, 0.25) is 0 Å². The van der Waals surface area contributed by atoms with Crippen molar-refractivity contribution >= 4 is 17.3 Å². The summed E-state index contributed by atoms with van der Waals surface area (Å²) in [6.45, 7) is 3.04. The van der Waals surface area contributed by atoms with Gasteiger partial charge in [-0.15, -0.1) is 0 Å². The molecule has 0 aliphatic rings. The van der Waals surface area contributed by atoms with Crippen molar-refractivity contribution in [3.63, 3.8) is 0 Å². The van der Waals surface area contributed by atoms with Gasteiger partial charge in [-0.05, 0) is 25.1 Å². The molecule has 0 bridgehead atoms. The summed E-state index contributed by atoms with van der Waals surface area (Å²) in [4.78, 5) is 13.6. The number of hydrogen-bond donors (Lipinski definition) is 2. The number of anilines is 2. The fourth-order valence-corrected chi connectivity index (χ4v) is 1.62. The van der Waals surface area contributed by atoms with Gasteiger partial charge in [0.05, 0.1) is 23.9 Å². The number of hydrogen-bond acceptors (Lipinski definition) is 4. The number of rotatable bonds is 5. The number of benzene rings is 1. The van der Waals surface area contributed by atoms with E-state index >= 15 is 0 Å². The van der Waals surface area contributed by atoms with Crippen molar-refractivity contribution < 1.29 is 4.79 Å². The molecule has 0 unspecified atom stereocenters. The Balaban J connectivity index is 2.94. The van der Waals surface area contributed by atoms with Crippen molar-refractivity contribution in [1.29, 1.82) is 5.26 Å². The summed E-state index contributed by atoms with van der Waals surface area (Å²) in [5.41, 5.74) is 7.83. The monoisotopic (exact) mass is 246 g/mol. The Bertz CT molecular complexity index is 465. The van der Waals surface area contributed by atoms with Gasteiger partial charge in [-0.1, -0.05) is 0 Å². The molecular weight excluding hydrogens is 228 g/mol. The number of nitriles is 1. The average Bonchev–Trinajstić information content (AvgIpc) is 2.36. The molecule has 1 aromatic carbocycles. The molecule has 5 heteroatoms. The van der Waals surface area contributed by atoms with Crippen LogP contribution in [0.2, 0.25) is 0 Å². The van der Waals surface area contributed by atoms with Crippen LogP contribution in [0.4, 0.5) is 11.4 Å². The Hall–Kier alpha value is -2.22. The third-order valence-corrected chi connectivity index (χ3v) is 2.60. The van der Waals surface area contributed by atoms with Gasteiger partial charge >= 0.3 is 0 Å². The molecule has 0 fully saturated rings. The lowest BCUT2D eigenvalue weighted by Gasteiger charge is -2.20. The van der Waals surface area contributed by atoms with Gasteiger partial charge in [-0.2, -0.15) is 5.26 Å². The topological polar surface area (TPSA) is 82.2 Å². The van der Waals surface area contributed by atoms with Gasteiger partial charge in [0, 0.05) is 25.7 Å². The van der Waals surface area contributed by atoms with Gasteiger partial charge in [0.15, 0.2) is 0 Å². The molecule has 0 saturated carbocycles. The van der Waals surface area contributed by atoms with E-state index in [1.807, 2.05) is 18.9 Å². The van der Waals surface area contributed by atoms with Crippen molar-refractivity contribution in [3.05, 3.63) is 23.8 Å². The maximum absolute atomic E-state index is 11.7. The summed E-state index contributed by atoms with van der Waals surface area (Å²) < 4.78 is 0. The third-order valence-electron chi connectivity index (χ3n) is 2.60. The predicted molar refractivity (Wildman–Crippen MR) is 72.4 cm³/mol. The minimum atomic E-state index is -0.118. The number of nitrogens with one attached hydrogen (secondary N) is 1. The molecule has 0 heterocycles. The summed E-state index contributed by atoms with van der Waals surface area (Å²) in [5, 5.41) is 11.3. The van der Waals surface area contributed by atoms with Crippen LogP contribution in [0.3, 0.4) is 0 Å². The minimum Gasteiger partial charge on any atom is -0.397 e. The molecule has 0 aliphatic carbocycles. The molecule has 0 aliphatic heterocycles. The Kier molecular flexibility index (Phi) is 5.00. The van der Waals surface area contributed by atoms with Crippen LogP contribution in [-0.4, -0.2) is 26.0 Å². The average molecular weight is 246 g/mol. The SMILES string of the molecule is CCNC(=O)c1ccc(N)c(N(C)CCC#N)c1. The highest BCUT2D eigenvalue weighted by Gasteiger charge is 2.10. The molecule has 0 atom stereocenters. The first kappa shape index (κ1) is 13.8. The number of nitrogen functional groups attached to an aromatic ring is 1. The second-order valence-corrected chi connectivity index (χ2v) is 3.96. The van der Waals surface area contributed by atoms with Gasteiger partial charge in [0.1, 0.15) is 0 Å². The molecule has 0 saturated heterocycles. The number of nitrogens with zero attached hydrogens (tertiary/aromatic N) is 2. The quantitative estimate of drug-likeness (QED) is 0.769. The summed E-state index contributed by atoms with van der Waals surface area (Å²) in [7, 11) is 1.85. The number of carbonyl (C=O) groups excluding carboxylic acids is 1. The van der Waals surface area contributed by atoms with E-state index in [1.54, 1.807) is 18.2 Å². The second-order valence-electron chi connectivity index (χ2n) is 3.96. The Morgan fingerprint density at radius 2 is 2.28 bits per heavy atom. The van der Waals surface area contributed by atoms with Gasteiger partial charge in [0.25, 0.3) is 5.91 Å². The van der Waals surface area contributed by atoms with Crippen molar-refractivity contribution in [1.82, 2.24) is 5.32 Å². The van der Waals surface area contributed by atoms with E-state index in [2.05, 4.69) is 11.4 Å². The van der Waals surface area contributed by atoms with Crippen LogP contribution in [-0.2, 0) is 0 Å². The molecule has 0 radical (unpaired) electrons. The molecule has 18 heavy (non-hydrogen) atoms. The van der Waals surface area contributed by atoms with Crippen molar-refractivity contribution in [2.75, 3.05) is 30.8 Å². The summed E-state index contributed by atoms with van der Waals surface area (Å²) >= 11 is 0. The Labute approximate surface area is 107 Å². The van der Waals surface area contributed by atoms with Crippen LogP contribution in [0, 0.1) is 11.3 Å². The Morgan fingerprint density at radius 3 is 2.89 bits per heavy atom. The number of carbonyl (C=O) groups is 1. The molecule has 1 aromatic rings. The van der Waals surface area contributed by atoms with E-state index < -0.39 is 0 Å². The summed E-state index contributed by atoms with van der Waals surface area (Å²) in [6.07, 6.45) is 0.418. The summed E-state index contributed by atoms with van der Waals surface area (Å²) in [6, 6.07) is 7.24. The highest BCUT2D eigenvalue weighted by Crippen LogP contribution is 2.23. The molecular formula is C13H18N4O. The fourth-order valence-electron chi connectivity index (χ4n) is 1.62. The van der Waals surface area contributed by atoms with Crippen LogP contribution < -0.4 is 16.0 Å². The van der Waals surface area contributed by atoms with Crippen molar-refractivity contribution in [2.24, 2.45) is 0 Å². The Morgan fingerprint density at radius 1 is 1.56 bits per heavy atom. The molecule has 3 N–H and O–H groups in total. The van der Waals surface area contributed by atoms with E-state index in [0.29, 0.717) is 30.8 Å². The molecule has 1 rings (SSSR count). The third kappa shape index (κ3) is 3.39. The van der Waals surface area contributed by atoms with E-state index in [-0.39, 0.29) is 5.91 Å². The van der Waals surface area contributed by atoms with E-state index in [1.165, 1.54) is 0 Å². The zero-order chi connectivity index (χ0) is 13.5. The normalized spacial score (nSPS) is 9.61. The van der Waals surface area contributed by atoms with Gasteiger partial charge < -0.3 is 16.0 Å². The number of nitrogens with two attached hydrogens (primary N) is 1. The lowest BCUT2D eigenvalue weighted by Crippen LogP contribution is -2.24. The van der Waals surface area contributed by atoms with Gasteiger partial charge in [-0.25, -0.2) is 0 Å². The summed E-state index contributed by atoms with van der Waals surface area (Å²) in [5.74, 6) is -0.118. The van der Waals surface area contributed by atoms with Crippen LogP contribution in [0.25, 0.3) is 0 Å². The molecule has 0 spiro atoms. The maximum atomic E-state index is 11.7. The molecule has 5 nitrogen and oxygen atoms in total. The van der Waals surface area contributed by atoms with E-state index in [9.17, 15) is 4.79 Å². The fraction of sp³-hybridized carbons (Fsp3) is 0.385. The predicted octanol–water partition coefficient (Wildman–Crippen LogP) is 1.37. The van der Waals surface area contributed by atoms with Crippen LogP contribution in [0.15, 0.2) is 18.2 Å². The van der Waals surface area contributed by atoms with Crippen LogP contribution in [0.5, 0.6) is 0 Å². The lowest BCUT2D eigenvalue weighted by atomic mass is 10.1. The van der Waals surface area contributed by atoms with Crippen molar-refractivity contribution in [2.45, 2.75) is 13.3 Å². The van der Waals surface area contributed by atoms with Crippen molar-refractivity contribution in [3.8, 4) is 6.07 Å². The number of amides is 1. The first-order chi connectivity index (χ1) is 8.60. The molecule has 1 amide bonds. The second kappa shape index (κ2) is 6.50. The first-order valence-electron chi connectivity index (χ1n) is 5.86. The van der Waals surface area contributed by atoms with Crippen LogP contribution >= 0.6 is 0 Å². The smallest absolute Gasteiger partial charge is 0.251 e. The van der Waals surface area contributed by atoms with Crippen LogP contribution in [0.1, 0.15) is 23.7 Å². The highest BCUT2D eigenvalue weighted by atomic mass is 16.1. The minimum absolute atomic E-state index is 0.118. The first-order valence-corrected chi connectivity index (χ1v) is 5.86. The maximum Gasteiger partial charge on any atom is 0.251 e. The molecule has 96 valence electrons. The molecule has 0 aromatic heterocycles. The standard InChI is InChI=1S/C13H18N4O/c1-3-16-13(18)10-5-6-11(15)12(9-10)17(2)8-4-7-14/h5-6,9H,3-4,8,15H2,1-2H3,(H,16,18). The zero-order valence-corrected chi connectivity index (χ0v) is 10.7. The largest absolute Gasteiger partial charge is 0.397 e.